The second-order valence-corrected chi connectivity index (χ2v) is 4.78. The van der Waals surface area contributed by atoms with Crippen molar-refractivity contribution in [2.24, 2.45) is 0 Å². The summed E-state index contributed by atoms with van der Waals surface area (Å²) in [7, 11) is 0. The first kappa shape index (κ1) is 10.8. The molecule has 6 nitrogen and oxygen atoms in total. The van der Waals surface area contributed by atoms with Crippen LogP contribution < -0.4 is 14.8 Å². The van der Waals surface area contributed by atoms with Gasteiger partial charge in [0.2, 0.25) is 6.79 Å². The van der Waals surface area contributed by atoms with E-state index in [1.165, 1.54) is 0 Å². The van der Waals surface area contributed by atoms with Crippen molar-refractivity contribution in [1.82, 2.24) is 20.1 Å². The van der Waals surface area contributed by atoms with Gasteiger partial charge in [0.25, 0.3) is 0 Å². The second kappa shape index (κ2) is 3.96. The number of nitrogens with zero attached hydrogens (tertiary/aromatic N) is 3. The Morgan fingerprint density at radius 3 is 3.11 bits per heavy atom. The number of nitrogens with one attached hydrogen (secondary N) is 1. The minimum atomic E-state index is 0.240. The molecule has 98 valence electrons. The molecular formula is C13H14N4O2. The average molecular weight is 258 g/mol. The Labute approximate surface area is 110 Å². The van der Waals surface area contributed by atoms with Gasteiger partial charge in [-0.05, 0) is 25.1 Å². The molecule has 1 aromatic carbocycles. The van der Waals surface area contributed by atoms with Crippen LogP contribution in [0.2, 0.25) is 0 Å². The van der Waals surface area contributed by atoms with Crippen molar-refractivity contribution in [3.05, 3.63) is 24.0 Å². The molecule has 0 fully saturated rings. The van der Waals surface area contributed by atoms with Crippen LogP contribution in [0, 0.1) is 0 Å². The van der Waals surface area contributed by atoms with Gasteiger partial charge in [0.15, 0.2) is 17.3 Å². The van der Waals surface area contributed by atoms with E-state index in [0.717, 1.165) is 41.8 Å². The van der Waals surface area contributed by atoms with E-state index in [1.54, 1.807) is 0 Å². The second-order valence-electron chi connectivity index (χ2n) is 4.78. The van der Waals surface area contributed by atoms with Crippen LogP contribution in [0.5, 0.6) is 11.5 Å². The average Bonchev–Trinajstić information content (AvgIpc) is 3.04. The van der Waals surface area contributed by atoms with E-state index in [-0.39, 0.29) is 12.8 Å². The summed E-state index contributed by atoms with van der Waals surface area (Å²) >= 11 is 0. The third-order valence-corrected chi connectivity index (χ3v) is 3.58. The highest BCUT2D eigenvalue weighted by Crippen LogP contribution is 2.36. The highest BCUT2D eigenvalue weighted by Gasteiger charge is 2.23. The van der Waals surface area contributed by atoms with E-state index in [1.807, 2.05) is 18.2 Å². The Bertz CT molecular complexity index is 638. The molecule has 1 unspecified atom stereocenters. The third kappa shape index (κ3) is 1.60. The molecule has 0 amide bonds. The predicted molar refractivity (Wildman–Crippen MR) is 68.0 cm³/mol. The molecule has 0 aliphatic carbocycles. The van der Waals surface area contributed by atoms with E-state index in [0.29, 0.717) is 0 Å². The molecule has 6 heteroatoms. The standard InChI is InChI=1S/C13H14N4O2/c1-8-12-15-16-13(17(12)5-4-14-8)9-2-3-10-11(6-9)19-7-18-10/h2-3,6,8,14H,4-5,7H2,1H3. The topological polar surface area (TPSA) is 61.2 Å². The van der Waals surface area contributed by atoms with Gasteiger partial charge < -0.3 is 19.4 Å². The maximum atomic E-state index is 5.41. The monoisotopic (exact) mass is 258 g/mol. The number of benzene rings is 1. The van der Waals surface area contributed by atoms with Gasteiger partial charge in [-0.25, -0.2) is 0 Å². The van der Waals surface area contributed by atoms with E-state index >= 15 is 0 Å². The Morgan fingerprint density at radius 1 is 1.26 bits per heavy atom. The molecule has 1 N–H and O–H groups in total. The van der Waals surface area contributed by atoms with Crippen molar-refractivity contribution >= 4 is 0 Å². The van der Waals surface area contributed by atoms with Crippen molar-refractivity contribution in [3.8, 4) is 22.9 Å². The lowest BCUT2D eigenvalue weighted by atomic mass is 10.1. The summed E-state index contributed by atoms with van der Waals surface area (Å²) < 4.78 is 12.9. The number of ether oxygens (including phenoxy) is 2. The molecule has 0 radical (unpaired) electrons. The number of hydrogen-bond acceptors (Lipinski definition) is 5. The maximum absolute atomic E-state index is 5.41. The molecule has 2 aliphatic rings. The molecule has 3 heterocycles. The van der Waals surface area contributed by atoms with Gasteiger partial charge in [-0.15, -0.1) is 10.2 Å². The van der Waals surface area contributed by atoms with E-state index in [2.05, 4.69) is 27.0 Å². The highest BCUT2D eigenvalue weighted by atomic mass is 16.7. The Morgan fingerprint density at radius 2 is 2.16 bits per heavy atom. The lowest BCUT2D eigenvalue weighted by molar-refractivity contribution is 0.174. The minimum Gasteiger partial charge on any atom is -0.454 e. The van der Waals surface area contributed by atoms with Crippen LogP contribution >= 0.6 is 0 Å². The molecule has 0 bridgehead atoms. The summed E-state index contributed by atoms with van der Waals surface area (Å²) in [5.41, 5.74) is 1.01. The molecule has 1 atom stereocenters. The molecule has 2 aliphatic heterocycles. The van der Waals surface area contributed by atoms with E-state index < -0.39 is 0 Å². The zero-order chi connectivity index (χ0) is 12.8. The van der Waals surface area contributed by atoms with Crippen molar-refractivity contribution in [1.29, 1.82) is 0 Å². The molecule has 0 spiro atoms. The fourth-order valence-electron chi connectivity index (χ4n) is 2.59. The Kier molecular flexibility index (Phi) is 2.25. The third-order valence-electron chi connectivity index (χ3n) is 3.58. The summed E-state index contributed by atoms with van der Waals surface area (Å²) in [6.45, 7) is 4.21. The first-order valence-electron chi connectivity index (χ1n) is 6.39. The van der Waals surface area contributed by atoms with Gasteiger partial charge in [-0.1, -0.05) is 0 Å². The zero-order valence-corrected chi connectivity index (χ0v) is 10.6. The molecule has 0 saturated heterocycles. The van der Waals surface area contributed by atoms with Crippen LogP contribution in [-0.4, -0.2) is 28.1 Å². The zero-order valence-electron chi connectivity index (χ0n) is 10.6. The molecule has 2 aromatic rings. The summed E-state index contributed by atoms with van der Waals surface area (Å²) in [5.74, 6) is 3.44. The van der Waals surface area contributed by atoms with Gasteiger partial charge in [0.1, 0.15) is 5.82 Å². The number of fused-ring (bicyclic) bond motifs is 2. The minimum absolute atomic E-state index is 0.240. The van der Waals surface area contributed by atoms with Gasteiger partial charge in [0, 0.05) is 18.7 Å². The quantitative estimate of drug-likeness (QED) is 0.836. The van der Waals surface area contributed by atoms with Crippen LogP contribution in [0.15, 0.2) is 18.2 Å². The molecule has 1 aromatic heterocycles. The molecule has 4 rings (SSSR count). The molecular weight excluding hydrogens is 244 g/mol. The number of aromatic nitrogens is 3. The smallest absolute Gasteiger partial charge is 0.231 e. The van der Waals surface area contributed by atoms with Crippen LogP contribution in [-0.2, 0) is 6.54 Å². The predicted octanol–water partition coefficient (Wildman–Crippen LogP) is 1.34. The van der Waals surface area contributed by atoms with Crippen molar-refractivity contribution < 1.29 is 9.47 Å². The Hall–Kier alpha value is -2.08. The van der Waals surface area contributed by atoms with Crippen LogP contribution in [0.3, 0.4) is 0 Å². The van der Waals surface area contributed by atoms with E-state index in [4.69, 9.17) is 9.47 Å². The van der Waals surface area contributed by atoms with Crippen molar-refractivity contribution in [2.75, 3.05) is 13.3 Å². The summed E-state index contributed by atoms with van der Waals surface area (Å²) in [6.07, 6.45) is 0. The van der Waals surface area contributed by atoms with Crippen LogP contribution in [0.25, 0.3) is 11.4 Å². The van der Waals surface area contributed by atoms with Gasteiger partial charge in [0.05, 0.1) is 6.04 Å². The van der Waals surface area contributed by atoms with Gasteiger partial charge >= 0.3 is 0 Å². The van der Waals surface area contributed by atoms with Crippen molar-refractivity contribution in [2.45, 2.75) is 19.5 Å². The summed E-state index contributed by atoms with van der Waals surface area (Å²) in [4.78, 5) is 0. The summed E-state index contributed by atoms with van der Waals surface area (Å²) in [6, 6.07) is 6.12. The molecule has 0 saturated carbocycles. The van der Waals surface area contributed by atoms with Crippen LogP contribution in [0.1, 0.15) is 18.8 Å². The first-order chi connectivity index (χ1) is 9.33. The highest BCUT2D eigenvalue weighted by molar-refractivity contribution is 5.62. The van der Waals surface area contributed by atoms with Gasteiger partial charge in [-0.2, -0.15) is 0 Å². The lowest BCUT2D eigenvalue weighted by Gasteiger charge is -2.21. The number of hydrogen-bond donors (Lipinski definition) is 1. The fraction of sp³-hybridized carbons (Fsp3) is 0.385. The van der Waals surface area contributed by atoms with Crippen molar-refractivity contribution in [3.63, 3.8) is 0 Å². The van der Waals surface area contributed by atoms with E-state index in [9.17, 15) is 0 Å². The summed E-state index contributed by atoms with van der Waals surface area (Å²) in [5, 5.41) is 12.0. The fourth-order valence-corrected chi connectivity index (χ4v) is 2.59. The maximum Gasteiger partial charge on any atom is 0.231 e. The first-order valence-corrected chi connectivity index (χ1v) is 6.39. The number of rotatable bonds is 1. The normalized spacial score (nSPS) is 20.4. The SMILES string of the molecule is CC1NCCn2c(-c3ccc4c(c3)OCO4)nnc21. The molecule has 19 heavy (non-hydrogen) atoms. The van der Waals surface area contributed by atoms with Crippen LogP contribution in [0.4, 0.5) is 0 Å². The van der Waals surface area contributed by atoms with Gasteiger partial charge in [-0.3, -0.25) is 0 Å². The Balaban J connectivity index is 1.81. The largest absolute Gasteiger partial charge is 0.454 e. The lowest BCUT2D eigenvalue weighted by Crippen LogP contribution is -2.32.